The molecule has 8 heteroatoms. The summed E-state index contributed by atoms with van der Waals surface area (Å²) >= 11 is 0. The molecule has 2 N–H and O–H groups in total. The zero-order valence-electron chi connectivity index (χ0n) is 16.9. The van der Waals surface area contributed by atoms with Gasteiger partial charge in [0.05, 0.1) is 10.5 Å². The Bertz CT molecular complexity index is 1140. The van der Waals surface area contributed by atoms with Crippen molar-refractivity contribution < 1.29 is 22.7 Å². The number of nitrogens with one attached hydrogen (secondary N) is 2. The molecule has 0 heterocycles. The number of hydrogen-bond donors (Lipinski definition) is 2. The molecule has 3 aromatic carbocycles. The van der Waals surface area contributed by atoms with E-state index in [9.17, 15) is 18.0 Å². The average Bonchev–Trinajstić information content (AvgIpc) is 2.77. The summed E-state index contributed by atoms with van der Waals surface area (Å²) in [5.74, 6) is -1.15. The van der Waals surface area contributed by atoms with Crippen LogP contribution >= 0.6 is 0 Å². The Labute approximate surface area is 181 Å². The third kappa shape index (κ3) is 6.42. The molecule has 0 aromatic heterocycles. The summed E-state index contributed by atoms with van der Waals surface area (Å²) in [4.78, 5) is 24.1. The summed E-state index contributed by atoms with van der Waals surface area (Å²) < 4.78 is 32.3. The smallest absolute Gasteiger partial charge is 0.338 e. The highest BCUT2D eigenvalue weighted by Gasteiger charge is 2.16. The molecule has 0 atom stereocenters. The van der Waals surface area contributed by atoms with E-state index in [-0.39, 0.29) is 10.5 Å². The quantitative estimate of drug-likeness (QED) is 0.526. The highest BCUT2D eigenvalue weighted by molar-refractivity contribution is 7.92. The zero-order chi connectivity index (χ0) is 22.3. The predicted molar refractivity (Wildman–Crippen MR) is 117 cm³/mol. The van der Waals surface area contributed by atoms with Crippen molar-refractivity contribution in [2.75, 3.05) is 11.3 Å². The van der Waals surface area contributed by atoms with Crippen molar-refractivity contribution in [3.8, 4) is 0 Å². The molecule has 0 bridgehead atoms. The van der Waals surface area contributed by atoms with Gasteiger partial charge in [-0.15, -0.1) is 0 Å². The van der Waals surface area contributed by atoms with E-state index in [0.29, 0.717) is 12.2 Å². The molecular formula is C23H22N2O5S. The van der Waals surface area contributed by atoms with E-state index in [1.165, 1.54) is 24.3 Å². The SMILES string of the molecule is Cc1ccc(CNC(=O)COC(=O)c2ccc(S(=O)(=O)Nc3ccccc3)cc2)cc1. The highest BCUT2D eigenvalue weighted by atomic mass is 32.2. The normalized spacial score (nSPS) is 10.9. The number of carbonyl (C=O) groups is 2. The van der Waals surface area contributed by atoms with E-state index in [2.05, 4.69) is 10.0 Å². The monoisotopic (exact) mass is 438 g/mol. The molecule has 3 aromatic rings. The van der Waals surface area contributed by atoms with Crippen LogP contribution in [0.5, 0.6) is 0 Å². The standard InChI is InChI=1S/C23H22N2O5S/c1-17-7-9-18(10-8-17)15-24-22(26)16-30-23(27)19-11-13-21(14-12-19)31(28,29)25-20-5-3-2-4-6-20/h2-14,25H,15-16H2,1H3,(H,24,26). The molecule has 31 heavy (non-hydrogen) atoms. The van der Waals surface area contributed by atoms with Gasteiger partial charge >= 0.3 is 5.97 Å². The topological polar surface area (TPSA) is 102 Å². The number of carbonyl (C=O) groups excluding carboxylic acids is 2. The van der Waals surface area contributed by atoms with Crippen LogP contribution in [0.3, 0.4) is 0 Å². The Morgan fingerprint density at radius 3 is 2.16 bits per heavy atom. The second-order valence-electron chi connectivity index (χ2n) is 6.83. The molecule has 7 nitrogen and oxygen atoms in total. The lowest BCUT2D eigenvalue weighted by atomic mass is 10.1. The Morgan fingerprint density at radius 2 is 1.52 bits per heavy atom. The van der Waals surface area contributed by atoms with E-state index in [4.69, 9.17) is 4.74 Å². The maximum Gasteiger partial charge on any atom is 0.338 e. The van der Waals surface area contributed by atoms with Gasteiger partial charge in [-0.3, -0.25) is 9.52 Å². The fourth-order valence-corrected chi connectivity index (χ4v) is 3.72. The number of anilines is 1. The maximum absolute atomic E-state index is 12.4. The van der Waals surface area contributed by atoms with Crippen LogP contribution in [0.2, 0.25) is 0 Å². The lowest BCUT2D eigenvalue weighted by Gasteiger charge is -2.09. The second-order valence-corrected chi connectivity index (χ2v) is 8.52. The molecule has 1 amide bonds. The fraction of sp³-hybridized carbons (Fsp3) is 0.130. The molecule has 0 spiro atoms. The van der Waals surface area contributed by atoms with Gasteiger partial charge in [0.1, 0.15) is 0 Å². The number of aryl methyl sites for hydroxylation is 1. The van der Waals surface area contributed by atoms with Crippen molar-refractivity contribution in [2.24, 2.45) is 0 Å². The molecule has 0 aliphatic heterocycles. The van der Waals surface area contributed by atoms with Gasteiger partial charge in [0.25, 0.3) is 15.9 Å². The van der Waals surface area contributed by atoms with Crippen molar-refractivity contribution in [3.05, 3.63) is 95.6 Å². The minimum atomic E-state index is -3.78. The van der Waals surface area contributed by atoms with E-state index in [0.717, 1.165) is 11.1 Å². The van der Waals surface area contributed by atoms with Crippen LogP contribution in [0, 0.1) is 6.92 Å². The molecule has 3 rings (SSSR count). The summed E-state index contributed by atoms with van der Waals surface area (Å²) in [6.45, 7) is 1.88. The molecule has 0 radical (unpaired) electrons. The first kappa shape index (κ1) is 22.0. The lowest BCUT2D eigenvalue weighted by molar-refractivity contribution is -0.124. The van der Waals surface area contributed by atoms with Crippen LogP contribution in [0.15, 0.2) is 83.8 Å². The first-order chi connectivity index (χ1) is 14.8. The molecular weight excluding hydrogens is 416 g/mol. The number of esters is 1. The maximum atomic E-state index is 12.4. The van der Waals surface area contributed by atoms with E-state index in [1.54, 1.807) is 30.3 Å². The summed E-state index contributed by atoms with van der Waals surface area (Å²) in [5.41, 5.74) is 2.64. The van der Waals surface area contributed by atoms with Crippen molar-refractivity contribution in [1.82, 2.24) is 5.32 Å². The summed E-state index contributed by atoms with van der Waals surface area (Å²) in [6.07, 6.45) is 0. The summed E-state index contributed by atoms with van der Waals surface area (Å²) in [5, 5.41) is 2.67. The van der Waals surface area contributed by atoms with Crippen molar-refractivity contribution >= 4 is 27.6 Å². The number of rotatable bonds is 8. The third-order valence-electron chi connectivity index (χ3n) is 4.37. The third-order valence-corrected chi connectivity index (χ3v) is 5.77. The van der Waals surface area contributed by atoms with Crippen molar-refractivity contribution in [1.29, 1.82) is 0 Å². The minimum Gasteiger partial charge on any atom is -0.452 e. The van der Waals surface area contributed by atoms with Gasteiger partial charge in [0, 0.05) is 12.2 Å². The van der Waals surface area contributed by atoms with Crippen LogP contribution in [0.1, 0.15) is 21.5 Å². The van der Waals surface area contributed by atoms with E-state index >= 15 is 0 Å². The zero-order valence-corrected chi connectivity index (χ0v) is 17.7. The summed E-state index contributed by atoms with van der Waals surface area (Å²) in [7, 11) is -3.78. The van der Waals surface area contributed by atoms with Crippen LogP contribution < -0.4 is 10.0 Å². The van der Waals surface area contributed by atoms with E-state index in [1.807, 2.05) is 31.2 Å². The van der Waals surface area contributed by atoms with Crippen LogP contribution in [-0.4, -0.2) is 26.9 Å². The first-order valence-corrected chi connectivity index (χ1v) is 11.0. The van der Waals surface area contributed by atoms with Gasteiger partial charge in [-0.05, 0) is 48.9 Å². The lowest BCUT2D eigenvalue weighted by Crippen LogP contribution is -2.28. The Kier molecular flexibility index (Phi) is 7.04. The molecule has 0 fully saturated rings. The second kappa shape index (κ2) is 9.90. The number of hydrogen-bond acceptors (Lipinski definition) is 5. The Morgan fingerprint density at radius 1 is 0.871 bits per heavy atom. The largest absolute Gasteiger partial charge is 0.452 e. The molecule has 0 aliphatic carbocycles. The Balaban J connectivity index is 1.51. The molecule has 0 unspecified atom stereocenters. The molecule has 160 valence electrons. The van der Waals surface area contributed by atoms with Gasteiger partial charge in [0.2, 0.25) is 0 Å². The minimum absolute atomic E-state index is 0.00347. The number of sulfonamides is 1. The van der Waals surface area contributed by atoms with E-state index < -0.39 is 28.5 Å². The molecule has 0 saturated heterocycles. The van der Waals surface area contributed by atoms with Gasteiger partial charge in [-0.2, -0.15) is 0 Å². The Hall–Kier alpha value is -3.65. The molecule has 0 aliphatic rings. The first-order valence-electron chi connectivity index (χ1n) is 9.51. The van der Waals surface area contributed by atoms with Gasteiger partial charge < -0.3 is 10.1 Å². The van der Waals surface area contributed by atoms with Crippen molar-refractivity contribution in [3.63, 3.8) is 0 Å². The number of amides is 1. The van der Waals surface area contributed by atoms with Gasteiger partial charge in [0.15, 0.2) is 6.61 Å². The number of para-hydroxylation sites is 1. The fourth-order valence-electron chi connectivity index (χ4n) is 2.66. The predicted octanol–water partition coefficient (Wildman–Crippen LogP) is 3.27. The number of ether oxygens (including phenoxy) is 1. The van der Waals surface area contributed by atoms with Crippen molar-refractivity contribution in [2.45, 2.75) is 18.4 Å². The van der Waals surface area contributed by atoms with Gasteiger partial charge in [-0.25, -0.2) is 13.2 Å². The van der Waals surface area contributed by atoms with Crippen LogP contribution in [-0.2, 0) is 26.1 Å². The summed E-state index contributed by atoms with van der Waals surface area (Å²) in [6, 6.07) is 21.5. The number of benzene rings is 3. The average molecular weight is 439 g/mol. The van der Waals surface area contributed by atoms with Crippen LogP contribution in [0.4, 0.5) is 5.69 Å². The molecule has 0 saturated carbocycles. The highest BCUT2D eigenvalue weighted by Crippen LogP contribution is 2.16. The van der Waals surface area contributed by atoms with Gasteiger partial charge in [-0.1, -0.05) is 48.0 Å². The van der Waals surface area contributed by atoms with Crippen LogP contribution in [0.25, 0.3) is 0 Å².